The number of pyridine rings is 1. The highest BCUT2D eigenvalue weighted by molar-refractivity contribution is 5.82. The molecular formula is C18H12F4N10O. The Morgan fingerprint density at radius 1 is 1.12 bits per heavy atom. The van der Waals surface area contributed by atoms with Gasteiger partial charge in [0.05, 0.1) is 16.6 Å². The number of hydrogen-bond donors (Lipinski definition) is 1. The van der Waals surface area contributed by atoms with Gasteiger partial charge in [0.25, 0.3) is 11.8 Å². The summed E-state index contributed by atoms with van der Waals surface area (Å²) in [6.45, 7) is -0.346. The predicted molar refractivity (Wildman–Crippen MR) is 103 cm³/mol. The normalized spacial score (nSPS) is 11.7. The van der Waals surface area contributed by atoms with Gasteiger partial charge >= 0.3 is 6.43 Å². The van der Waals surface area contributed by atoms with Gasteiger partial charge in [-0.2, -0.15) is 13.6 Å². The summed E-state index contributed by atoms with van der Waals surface area (Å²) in [7, 11) is 1.78. The maximum Gasteiger partial charge on any atom is 0.314 e. The van der Waals surface area contributed by atoms with Crippen LogP contribution in [-0.4, -0.2) is 44.9 Å². The van der Waals surface area contributed by atoms with E-state index in [1.165, 1.54) is 0 Å². The van der Waals surface area contributed by atoms with Crippen molar-refractivity contribution in [3.63, 3.8) is 0 Å². The maximum atomic E-state index is 14.6. The smallest absolute Gasteiger partial charge is 0.314 e. The Labute approximate surface area is 180 Å². The van der Waals surface area contributed by atoms with Crippen molar-refractivity contribution in [2.75, 3.05) is 5.73 Å². The molecule has 0 bridgehead atoms. The summed E-state index contributed by atoms with van der Waals surface area (Å²) in [6.07, 6.45) is -2.15. The molecule has 5 aromatic rings. The Hall–Kier alpha value is -4.43. The van der Waals surface area contributed by atoms with Gasteiger partial charge in [-0.15, -0.1) is 20.4 Å². The van der Waals surface area contributed by atoms with Crippen molar-refractivity contribution in [3.05, 3.63) is 47.6 Å². The van der Waals surface area contributed by atoms with Crippen LogP contribution in [0, 0.1) is 11.6 Å². The number of aryl methyl sites for hydroxylation is 1. The Morgan fingerprint density at radius 2 is 1.94 bits per heavy atom. The first-order chi connectivity index (χ1) is 15.8. The Balaban J connectivity index is 1.40. The zero-order valence-corrected chi connectivity index (χ0v) is 16.6. The molecule has 0 fully saturated rings. The van der Waals surface area contributed by atoms with Crippen molar-refractivity contribution >= 4 is 17.0 Å². The fourth-order valence-corrected chi connectivity index (χ4v) is 3.11. The van der Waals surface area contributed by atoms with Gasteiger partial charge in [0.1, 0.15) is 12.2 Å². The topological polar surface area (TPSA) is 139 Å². The van der Waals surface area contributed by atoms with E-state index in [9.17, 15) is 17.6 Å². The number of tetrazole rings is 1. The van der Waals surface area contributed by atoms with Crippen LogP contribution in [0.2, 0.25) is 0 Å². The number of rotatable bonds is 5. The molecule has 0 amide bonds. The molecule has 0 aliphatic carbocycles. The molecule has 1 aromatic carbocycles. The van der Waals surface area contributed by atoms with Crippen LogP contribution in [0.3, 0.4) is 0 Å². The van der Waals surface area contributed by atoms with Crippen LogP contribution >= 0.6 is 0 Å². The summed E-state index contributed by atoms with van der Waals surface area (Å²) in [5, 5.41) is 18.3. The van der Waals surface area contributed by atoms with Crippen LogP contribution in [0.4, 0.5) is 23.5 Å². The third kappa shape index (κ3) is 3.52. The van der Waals surface area contributed by atoms with E-state index in [0.717, 1.165) is 16.5 Å². The fraction of sp³-hybridized carbons (Fsp3) is 0.167. The van der Waals surface area contributed by atoms with E-state index in [1.54, 1.807) is 29.8 Å². The number of aromatic nitrogens is 9. The third-order valence-electron chi connectivity index (χ3n) is 4.81. The summed E-state index contributed by atoms with van der Waals surface area (Å²) in [5.74, 6) is -3.79. The van der Waals surface area contributed by atoms with Crippen molar-refractivity contribution in [1.29, 1.82) is 0 Å². The monoisotopic (exact) mass is 460 g/mol. The van der Waals surface area contributed by atoms with Crippen molar-refractivity contribution in [2.45, 2.75) is 13.0 Å². The van der Waals surface area contributed by atoms with E-state index in [4.69, 9.17) is 5.73 Å². The van der Waals surface area contributed by atoms with Gasteiger partial charge in [0.2, 0.25) is 11.8 Å². The van der Waals surface area contributed by atoms with E-state index in [-0.39, 0.29) is 18.1 Å². The number of halogens is 4. The lowest BCUT2D eigenvalue weighted by molar-refractivity contribution is 0.116. The number of imidazole rings is 1. The zero-order valence-electron chi connectivity index (χ0n) is 16.6. The average molecular weight is 460 g/mol. The van der Waals surface area contributed by atoms with Crippen molar-refractivity contribution in [2.24, 2.45) is 7.05 Å². The van der Waals surface area contributed by atoms with Crippen LogP contribution in [0.25, 0.3) is 33.9 Å². The molecule has 0 spiro atoms. The molecule has 5 rings (SSSR count). The maximum absolute atomic E-state index is 14.6. The van der Waals surface area contributed by atoms with Crippen LogP contribution in [0.15, 0.2) is 28.8 Å². The van der Waals surface area contributed by atoms with Gasteiger partial charge in [0, 0.05) is 18.8 Å². The van der Waals surface area contributed by atoms with Crippen molar-refractivity contribution < 1.29 is 22.0 Å². The Morgan fingerprint density at radius 3 is 2.70 bits per heavy atom. The van der Waals surface area contributed by atoms with E-state index in [2.05, 4.69) is 40.0 Å². The zero-order chi connectivity index (χ0) is 23.3. The molecule has 0 saturated carbocycles. The van der Waals surface area contributed by atoms with Gasteiger partial charge in [0.15, 0.2) is 11.6 Å². The first-order valence-corrected chi connectivity index (χ1v) is 9.26. The van der Waals surface area contributed by atoms with Crippen molar-refractivity contribution in [3.8, 4) is 22.8 Å². The molecule has 2 N–H and O–H groups in total. The second-order valence-electron chi connectivity index (χ2n) is 6.87. The number of nitrogens with zero attached hydrogens (tertiary/aromatic N) is 9. The van der Waals surface area contributed by atoms with Crippen LogP contribution < -0.4 is 5.73 Å². The lowest BCUT2D eigenvalue weighted by Crippen LogP contribution is -2.10. The third-order valence-corrected chi connectivity index (χ3v) is 4.81. The number of anilines is 1. The number of benzene rings is 1. The fourth-order valence-electron chi connectivity index (χ4n) is 3.11. The molecule has 33 heavy (non-hydrogen) atoms. The predicted octanol–water partition coefficient (Wildman–Crippen LogP) is 2.52. The molecule has 0 aliphatic heterocycles. The highest BCUT2D eigenvalue weighted by Gasteiger charge is 2.23. The summed E-state index contributed by atoms with van der Waals surface area (Å²) >= 11 is 0. The van der Waals surface area contributed by atoms with Gasteiger partial charge in [-0.3, -0.25) is 4.98 Å². The molecular weight excluding hydrogens is 448 g/mol. The van der Waals surface area contributed by atoms with Crippen molar-refractivity contribution in [1.82, 2.24) is 44.9 Å². The first-order valence-electron chi connectivity index (χ1n) is 9.26. The van der Waals surface area contributed by atoms with Gasteiger partial charge in [-0.25, -0.2) is 13.8 Å². The number of alkyl halides is 2. The molecule has 0 radical (unpaired) electrons. The SMILES string of the molecule is Cn1c(N)nc2cc(-c3nnn(Cc4ncc(-c5nnc(C(F)F)o5)c(F)c4F)n3)ccc21. The molecule has 4 aromatic heterocycles. The molecule has 0 saturated heterocycles. The molecule has 168 valence electrons. The second kappa shape index (κ2) is 7.61. The number of hydrogen-bond acceptors (Lipinski definition) is 9. The summed E-state index contributed by atoms with van der Waals surface area (Å²) < 4.78 is 60.6. The summed E-state index contributed by atoms with van der Waals surface area (Å²) in [5.41, 5.74) is 6.94. The van der Waals surface area contributed by atoms with E-state index in [0.29, 0.717) is 17.0 Å². The lowest BCUT2D eigenvalue weighted by atomic mass is 10.2. The molecule has 11 nitrogen and oxygen atoms in total. The van der Waals surface area contributed by atoms with E-state index in [1.807, 2.05) is 0 Å². The van der Waals surface area contributed by atoms with Crippen LogP contribution in [0.5, 0.6) is 0 Å². The lowest BCUT2D eigenvalue weighted by Gasteiger charge is -2.04. The Kier molecular flexibility index (Phi) is 4.72. The minimum absolute atomic E-state index is 0.226. The summed E-state index contributed by atoms with van der Waals surface area (Å²) in [4.78, 5) is 9.08. The largest absolute Gasteiger partial charge is 0.415 e. The Bertz CT molecular complexity index is 1490. The standard InChI is InChI=1S/C18H12F4N10O/c1-31-11-3-2-7(4-9(11)25-18(31)23)15-26-30-32(29-15)6-10-13(20)12(19)8(5-24-10)16-27-28-17(33-16)14(21)22/h2-5,14H,6H2,1H3,(H2,23,25). The van der Waals surface area contributed by atoms with E-state index < -0.39 is 35.4 Å². The van der Waals surface area contributed by atoms with Gasteiger partial charge in [-0.1, -0.05) is 0 Å². The number of nitrogen functional groups attached to an aromatic ring is 1. The molecule has 0 atom stereocenters. The van der Waals surface area contributed by atoms with Gasteiger partial charge < -0.3 is 14.7 Å². The van der Waals surface area contributed by atoms with E-state index >= 15 is 0 Å². The molecule has 0 unspecified atom stereocenters. The highest BCUT2D eigenvalue weighted by atomic mass is 19.3. The second-order valence-corrected chi connectivity index (χ2v) is 6.87. The van der Waals surface area contributed by atoms with Crippen LogP contribution in [0.1, 0.15) is 18.0 Å². The number of fused-ring (bicyclic) bond motifs is 1. The average Bonchev–Trinajstić information content (AvgIpc) is 3.52. The first kappa shape index (κ1) is 20.5. The molecule has 0 aliphatic rings. The van der Waals surface area contributed by atoms with Crippen LogP contribution in [-0.2, 0) is 13.6 Å². The summed E-state index contributed by atoms with van der Waals surface area (Å²) in [6, 6.07) is 5.26. The highest BCUT2D eigenvalue weighted by Crippen LogP contribution is 2.27. The minimum atomic E-state index is -3.05. The number of nitrogens with two attached hydrogens (primary N) is 1. The minimum Gasteiger partial charge on any atom is -0.415 e. The van der Waals surface area contributed by atoms with Gasteiger partial charge in [-0.05, 0) is 23.4 Å². The molecule has 4 heterocycles. The quantitative estimate of drug-likeness (QED) is 0.392. The molecule has 15 heteroatoms.